The Labute approximate surface area is 166 Å². The molecule has 0 bridgehead atoms. The Kier molecular flexibility index (Phi) is 5.34. The van der Waals surface area contributed by atoms with E-state index in [1.807, 2.05) is 60.7 Å². The molecule has 0 atom stereocenters. The second-order valence-electron chi connectivity index (χ2n) is 6.57. The van der Waals surface area contributed by atoms with E-state index in [9.17, 15) is 9.59 Å². The number of aromatic nitrogens is 1. The number of carbonyl (C=O) groups is 2. The maximum atomic E-state index is 12.7. The Morgan fingerprint density at radius 3 is 2.68 bits per heavy atom. The van der Waals surface area contributed by atoms with E-state index in [2.05, 4.69) is 9.69 Å². The quantitative estimate of drug-likeness (QED) is 0.719. The normalized spacial score (nSPS) is 13.6. The first kappa shape index (κ1) is 18.2. The third-order valence-corrected chi connectivity index (χ3v) is 5.33. The molecule has 3 aromatic rings. The van der Waals surface area contributed by atoms with Gasteiger partial charge in [0.2, 0.25) is 0 Å². The number of nitrogens with one attached hydrogen (secondary N) is 1. The molecule has 0 saturated carbocycles. The molecular weight excluding hydrogens is 374 g/mol. The van der Waals surface area contributed by atoms with E-state index >= 15 is 0 Å². The van der Waals surface area contributed by atoms with Crippen LogP contribution in [0, 0.1) is 0 Å². The molecular formula is C21H19N3O3S. The zero-order valence-electron chi connectivity index (χ0n) is 15.1. The van der Waals surface area contributed by atoms with E-state index in [1.54, 1.807) is 11.1 Å². The van der Waals surface area contributed by atoms with Crippen molar-refractivity contribution in [3.63, 3.8) is 0 Å². The summed E-state index contributed by atoms with van der Waals surface area (Å²) in [6.07, 6.45) is 1.28. The van der Waals surface area contributed by atoms with Crippen LogP contribution in [0.5, 0.6) is 0 Å². The van der Waals surface area contributed by atoms with Crippen molar-refractivity contribution in [3.05, 3.63) is 78.0 Å². The molecule has 1 fully saturated rings. The first-order valence-electron chi connectivity index (χ1n) is 8.96. The van der Waals surface area contributed by atoms with Crippen LogP contribution in [0.2, 0.25) is 0 Å². The second kappa shape index (κ2) is 8.22. The lowest BCUT2D eigenvalue weighted by molar-refractivity contribution is 0.0545. The predicted molar refractivity (Wildman–Crippen MR) is 107 cm³/mol. The monoisotopic (exact) mass is 393 g/mol. The number of alkyl carbamates (subject to hydrolysis) is 1. The number of hydrogen-bond donors (Lipinski definition) is 1. The first-order valence-corrected chi connectivity index (χ1v) is 9.74. The minimum atomic E-state index is -0.465. The zero-order valence-corrected chi connectivity index (χ0v) is 15.9. The Hall–Kier alpha value is -3.19. The summed E-state index contributed by atoms with van der Waals surface area (Å²) in [5.41, 5.74) is 2.55. The molecule has 0 radical (unpaired) electrons. The van der Waals surface area contributed by atoms with Gasteiger partial charge in [0.25, 0.3) is 5.91 Å². The molecule has 1 aliphatic heterocycles. The summed E-state index contributed by atoms with van der Waals surface area (Å²) < 4.78 is 9.32. The molecule has 1 aromatic heterocycles. The van der Waals surface area contributed by atoms with E-state index in [4.69, 9.17) is 4.74 Å². The minimum Gasteiger partial charge on any atom is -0.445 e. The lowest BCUT2D eigenvalue weighted by Crippen LogP contribution is -2.61. The predicted octanol–water partition coefficient (Wildman–Crippen LogP) is 3.56. The average molecular weight is 393 g/mol. The van der Waals surface area contributed by atoms with Gasteiger partial charge in [-0.3, -0.25) is 4.79 Å². The maximum Gasteiger partial charge on any atom is 0.407 e. The van der Waals surface area contributed by atoms with Gasteiger partial charge in [-0.1, -0.05) is 42.5 Å². The molecule has 142 valence electrons. The molecule has 0 unspecified atom stereocenters. The fourth-order valence-corrected chi connectivity index (χ4v) is 3.61. The maximum absolute atomic E-state index is 12.7. The van der Waals surface area contributed by atoms with E-state index in [1.165, 1.54) is 11.5 Å². The summed E-state index contributed by atoms with van der Waals surface area (Å²) in [5.74, 6) is -0.0398. The minimum absolute atomic E-state index is 0.0398. The van der Waals surface area contributed by atoms with Crippen molar-refractivity contribution in [1.29, 1.82) is 0 Å². The number of carbonyl (C=O) groups excluding carboxylic acids is 2. The Balaban J connectivity index is 1.26. The Morgan fingerprint density at radius 2 is 1.93 bits per heavy atom. The van der Waals surface area contributed by atoms with Crippen LogP contribution < -0.4 is 5.32 Å². The van der Waals surface area contributed by atoms with Crippen LogP contribution in [0.3, 0.4) is 0 Å². The molecule has 1 aliphatic rings. The highest BCUT2D eigenvalue weighted by Gasteiger charge is 2.32. The SMILES string of the molecule is O=C(NC1CN(C(=O)c2cccc(-c3ccns3)c2)C1)OCc1ccccc1. The van der Waals surface area contributed by atoms with Gasteiger partial charge in [0.15, 0.2) is 0 Å². The molecule has 1 N–H and O–H groups in total. The Morgan fingerprint density at radius 1 is 1.11 bits per heavy atom. The smallest absolute Gasteiger partial charge is 0.407 e. The van der Waals surface area contributed by atoms with Crippen molar-refractivity contribution in [2.75, 3.05) is 13.1 Å². The van der Waals surface area contributed by atoms with Crippen LogP contribution in [-0.4, -0.2) is 40.4 Å². The van der Waals surface area contributed by atoms with Crippen molar-refractivity contribution in [1.82, 2.24) is 14.6 Å². The van der Waals surface area contributed by atoms with E-state index in [0.717, 1.165) is 16.0 Å². The van der Waals surface area contributed by atoms with Crippen LogP contribution in [0.15, 0.2) is 66.9 Å². The van der Waals surface area contributed by atoms with Crippen molar-refractivity contribution in [2.24, 2.45) is 0 Å². The third kappa shape index (κ3) is 4.20. The van der Waals surface area contributed by atoms with E-state index in [-0.39, 0.29) is 18.6 Å². The van der Waals surface area contributed by atoms with Gasteiger partial charge in [0, 0.05) is 24.8 Å². The summed E-state index contributed by atoms with van der Waals surface area (Å²) in [5, 5.41) is 2.80. The van der Waals surface area contributed by atoms with Gasteiger partial charge in [-0.25, -0.2) is 9.17 Å². The van der Waals surface area contributed by atoms with Gasteiger partial charge in [0.1, 0.15) is 6.61 Å². The molecule has 2 aromatic carbocycles. The molecule has 2 heterocycles. The number of nitrogens with zero attached hydrogens (tertiary/aromatic N) is 2. The summed E-state index contributed by atoms with van der Waals surface area (Å²) >= 11 is 1.40. The number of rotatable bonds is 5. The molecule has 1 saturated heterocycles. The molecule has 4 rings (SSSR count). The second-order valence-corrected chi connectivity index (χ2v) is 7.40. The van der Waals surface area contributed by atoms with E-state index < -0.39 is 6.09 Å². The highest BCUT2D eigenvalue weighted by atomic mass is 32.1. The number of hydrogen-bond acceptors (Lipinski definition) is 5. The fourth-order valence-electron chi connectivity index (χ4n) is 3.02. The number of likely N-dealkylation sites (tertiary alicyclic amines) is 1. The van der Waals surface area contributed by atoms with Crippen LogP contribution in [-0.2, 0) is 11.3 Å². The summed E-state index contributed by atoms with van der Waals surface area (Å²) in [6, 6.07) is 18.9. The third-order valence-electron chi connectivity index (χ3n) is 4.54. The van der Waals surface area contributed by atoms with Crippen molar-refractivity contribution >= 4 is 23.5 Å². The van der Waals surface area contributed by atoms with Crippen molar-refractivity contribution < 1.29 is 14.3 Å². The van der Waals surface area contributed by atoms with Crippen molar-refractivity contribution in [3.8, 4) is 10.4 Å². The van der Waals surface area contributed by atoms with E-state index in [0.29, 0.717) is 18.7 Å². The highest BCUT2D eigenvalue weighted by Crippen LogP contribution is 2.24. The molecule has 6 nitrogen and oxygen atoms in total. The summed E-state index contributed by atoms with van der Waals surface area (Å²) in [6.45, 7) is 1.18. The first-order chi connectivity index (χ1) is 13.7. The van der Waals surface area contributed by atoms with Gasteiger partial charge in [0.05, 0.1) is 10.9 Å². The summed E-state index contributed by atoms with van der Waals surface area (Å²) in [7, 11) is 0. The lowest BCUT2D eigenvalue weighted by atomic mass is 10.0. The number of benzene rings is 2. The Bertz CT molecular complexity index is 954. The molecule has 28 heavy (non-hydrogen) atoms. The van der Waals surface area contributed by atoms with Crippen LogP contribution in [0.25, 0.3) is 10.4 Å². The van der Waals surface area contributed by atoms with Crippen molar-refractivity contribution in [2.45, 2.75) is 12.6 Å². The standard InChI is InChI=1S/C21H19N3O3S/c25-20(17-8-4-7-16(11-17)19-9-10-22-28-19)24-12-18(13-24)23-21(26)27-14-15-5-2-1-3-6-15/h1-11,18H,12-14H2,(H,23,26). The van der Waals surface area contributed by atoms with Crippen LogP contribution >= 0.6 is 11.5 Å². The zero-order chi connectivity index (χ0) is 19.3. The topological polar surface area (TPSA) is 71.5 Å². The van der Waals surface area contributed by atoms with Crippen LogP contribution in [0.1, 0.15) is 15.9 Å². The van der Waals surface area contributed by atoms with Gasteiger partial charge in [-0.05, 0) is 40.9 Å². The lowest BCUT2D eigenvalue weighted by Gasteiger charge is -2.39. The number of amides is 2. The fraction of sp³-hybridized carbons (Fsp3) is 0.190. The average Bonchev–Trinajstić information content (AvgIpc) is 3.24. The van der Waals surface area contributed by atoms with Crippen LogP contribution in [0.4, 0.5) is 4.79 Å². The van der Waals surface area contributed by atoms with Gasteiger partial charge >= 0.3 is 6.09 Å². The van der Waals surface area contributed by atoms with Gasteiger partial charge in [-0.2, -0.15) is 0 Å². The molecule has 0 spiro atoms. The molecule has 0 aliphatic carbocycles. The highest BCUT2D eigenvalue weighted by molar-refractivity contribution is 7.09. The number of ether oxygens (including phenoxy) is 1. The largest absolute Gasteiger partial charge is 0.445 e. The van der Waals surface area contributed by atoms with Gasteiger partial charge < -0.3 is 15.0 Å². The summed E-state index contributed by atoms with van der Waals surface area (Å²) in [4.78, 5) is 27.3. The molecule has 7 heteroatoms. The van der Waals surface area contributed by atoms with Gasteiger partial charge in [-0.15, -0.1) is 0 Å². The molecule has 2 amide bonds.